The first-order valence-electron chi connectivity index (χ1n) is 50.6. The Morgan fingerprint density at radius 1 is 0.174 bits per heavy atom. The van der Waals surface area contributed by atoms with Gasteiger partial charge in [-0.05, 0) is 154 Å². The first-order valence-corrected chi connectivity index (χ1v) is 61.0. The van der Waals surface area contributed by atoms with Crippen LogP contribution in [0.3, 0.4) is 0 Å². The van der Waals surface area contributed by atoms with Crippen LogP contribution in [0.25, 0.3) is 0 Å². The molecule has 0 bridgehead atoms. The molecule has 18 nitrogen and oxygen atoms in total. The molecule has 0 saturated carbocycles. The molecule has 0 N–H and O–H groups in total. The standard InChI is InChI=1S/6C16H35O3P.Mo/c6*1-5-8-10-11-12-15(4)19-20(17,18)14-16(7-3)13-9-6-2;/h6*15-16H,5-14H2,1-4H3,(H,17,18);/q;;;;;;+6/p-6. The molecule has 0 amide bonds. The predicted octanol–water partition coefficient (Wildman–Crippen LogP) is 30.8. The molecule has 0 aromatic rings. The molecule has 18 unspecified atom stereocenters. The van der Waals surface area contributed by atoms with Gasteiger partial charge in [0.15, 0.2) is 0 Å². The Kier molecular flexibility index (Phi) is 102. The van der Waals surface area contributed by atoms with Crippen molar-refractivity contribution in [3.05, 3.63) is 0 Å². The normalized spacial score (nSPS) is 17.5. The monoisotopic (exact) mass is 1930 g/mol. The molecule has 0 aromatic heterocycles. The zero-order valence-corrected chi connectivity index (χ0v) is 91.2. The smallest absolute Gasteiger partial charge is 0.778 e. The van der Waals surface area contributed by atoms with E-state index in [1.807, 2.05) is 41.5 Å². The van der Waals surface area contributed by atoms with E-state index in [0.29, 0.717) is 0 Å². The number of rotatable bonds is 78. The van der Waals surface area contributed by atoms with Crippen molar-refractivity contribution in [3.8, 4) is 0 Å². The number of hydrogen-bond donors (Lipinski definition) is 0. The molecule has 0 radical (unpaired) electrons. The van der Waals surface area contributed by atoms with E-state index in [9.17, 15) is 56.8 Å². The van der Waals surface area contributed by atoms with Crippen molar-refractivity contribution in [2.75, 3.05) is 37.0 Å². The maximum atomic E-state index is 12.1. The molecular weight excluding hydrogens is 1720 g/mol. The van der Waals surface area contributed by atoms with Crippen LogP contribution in [0, 0.1) is 35.5 Å². The van der Waals surface area contributed by atoms with Crippen LogP contribution in [-0.4, -0.2) is 73.6 Å². The molecule has 0 fully saturated rings. The Bertz CT molecular complexity index is 2040. The van der Waals surface area contributed by atoms with Crippen LogP contribution in [-0.2, 0) is 75.6 Å². The molecule has 0 aromatic carbocycles. The van der Waals surface area contributed by atoms with Crippen molar-refractivity contribution in [2.45, 2.75) is 550 Å². The summed E-state index contributed by atoms with van der Waals surface area (Å²) in [6.07, 6.45) is 58.0. The average Bonchev–Trinajstić information content (AvgIpc) is 0.924. The summed E-state index contributed by atoms with van der Waals surface area (Å²) in [5.41, 5.74) is 0. The first kappa shape index (κ1) is 136. The fourth-order valence-electron chi connectivity index (χ4n) is 14.8. The van der Waals surface area contributed by atoms with Gasteiger partial charge in [-0.2, -0.15) is 0 Å². The maximum Gasteiger partial charge on any atom is 6.00 e. The van der Waals surface area contributed by atoms with Gasteiger partial charge >= 0.3 is 21.1 Å². The van der Waals surface area contributed by atoms with Gasteiger partial charge in [-0.3, -0.25) is 0 Å². The molecule has 0 saturated heterocycles. The summed E-state index contributed by atoms with van der Waals surface area (Å²) in [5, 5.41) is 0. The van der Waals surface area contributed by atoms with Gasteiger partial charge in [0.05, 0.1) is 36.6 Å². The zero-order valence-electron chi connectivity index (χ0n) is 83.8. The van der Waals surface area contributed by atoms with Crippen LogP contribution in [0.15, 0.2) is 0 Å². The van der Waals surface area contributed by atoms with Gasteiger partial charge < -0.3 is 83.9 Å². The van der Waals surface area contributed by atoms with E-state index in [1.54, 1.807) is 0 Å². The van der Waals surface area contributed by atoms with E-state index in [1.165, 1.54) is 116 Å². The SMILES string of the molecule is CCCCCCC(C)OP(=O)([O-])CC(CC)CCCC.CCCCCCC(C)OP(=O)([O-])CC(CC)CCCC.CCCCCCC(C)OP(=O)([O-])CC(CC)CCCC.CCCCCCC(C)OP(=O)([O-])CC(CC)CCCC.CCCCCCC(C)OP(=O)([O-])CC(CC)CCCC.CCCCCCC(C)OP(=O)([O-])CC(CC)CCCC.[Mo+6]. The van der Waals surface area contributed by atoms with E-state index in [-0.39, 0.29) is 130 Å². The van der Waals surface area contributed by atoms with Gasteiger partial charge in [0.1, 0.15) is 45.6 Å². The second-order valence-corrected chi connectivity index (χ2v) is 46.6. The summed E-state index contributed by atoms with van der Waals surface area (Å²) >= 11 is 0. The molecule has 18 atom stereocenters. The minimum Gasteiger partial charge on any atom is -0.778 e. The number of hydrogen-bond acceptors (Lipinski definition) is 18. The van der Waals surface area contributed by atoms with Gasteiger partial charge in [-0.15, -0.1) is 0 Å². The molecular formula is C96H204MoO18P6. The van der Waals surface area contributed by atoms with Gasteiger partial charge in [0.25, 0.3) is 0 Å². The number of unbranched alkanes of at least 4 members (excludes halogenated alkanes) is 24. The summed E-state index contributed by atoms with van der Waals surface area (Å²) in [6.45, 7) is 49.5. The van der Waals surface area contributed by atoms with Crippen molar-refractivity contribution in [2.24, 2.45) is 35.5 Å². The molecule has 732 valence electrons. The molecule has 25 heteroatoms. The molecule has 121 heavy (non-hydrogen) atoms. The second kappa shape index (κ2) is 90.7. The van der Waals surface area contributed by atoms with Crippen molar-refractivity contribution >= 4 is 45.6 Å². The van der Waals surface area contributed by atoms with Crippen LogP contribution in [0.4, 0.5) is 0 Å². The third-order valence-corrected chi connectivity index (χ3v) is 32.8. The minimum atomic E-state index is -3.67. The zero-order chi connectivity index (χ0) is 92.6. The minimum absolute atomic E-state index is 0. The maximum absolute atomic E-state index is 12.1. The topological polar surface area (TPSA) is 296 Å². The van der Waals surface area contributed by atoms with Crippen molar-refractivity contribution in [3.63, 3.8) is 0 Å². The van der Waals surface area contributed by atoms with Crippen LogP contribution >= 0.6 is 45.6 Å². The summed E-state index contributed by atoms with van der Waals surface area (Å²) in [6, 6.07) is 0. The van der Waals surface area contributed by atoms with E-state index in [2.05, 4.69) is 125 Å². The van der Waals surface area contributed by atoms with Crippen molar-refractivity contribution in [1.82, 2.24) is 0 Å². The fourth-order valence-corrected chi connectivity index (χ4v) is 25.7. The molecule has 0 aliphatic rings. The van der Waals surface area contributed by atoms with E-state index >= 15 is 0 Å². The molecule has 0 aliphatic carbocycles. The fraction of sp³-hybridized carbons (Fsp3) is 1.00. The Hall–Kier alpha value is 1.59. The molecule has 0 aliphatic heterocycles. The van der Waals surface area contributed by atoms with E-state index in [4.69, 9.17) is 27.1 Å². The summed E-state index contributed by atoms with van der Waals surface area (Å²) < 4.78 is 104. The Morgan fingerprint density at radius 3 is 0.372 bits per heavy atom. The van der Waals surface area contributed by atoms with Crippen LogP contribution in [0.5, 0.6) is 0 Å². The van der Waals surface area contributed by atoms with Crippen LogP contribution in [0.1, 0.15) is 513 Å². The Labute approximate surface area is 767 Å². The predicted molar refractivity (Wildman–Crippen MR) is 511 cm³/mol. The van der Waals surface area contributed by atoms with Crippen molar-refractivity contribution < 1.29 is 105 Å². The van der Waals surface area contributed by atoms with Gasteiger partial charge in [0.2, 0.25) is 0 Å². The first-order chi connectivity index (χ1) is 56.7. The molecule has 0 heterocycles. The average molecular weight is 1930 g/mol. The van der Waals surface area contributed by atoms with Crippen LogP contribution in [0.2, 0.25) is 0 Å². The van der Waals surface area contributed by atoms with E-state index < -0.39 is 45.6 Å². The third-order valence-electron chi connectivity index (χ3n) is 23.0. The largest absolute Gasteiger partial charge is 6.00 e. The van der Waals surface area contributed by atoms with Gasteiger partial charge in [-0.1, -0.05) is 394 Å². The third kappa shape index (κ3) is 97.4. The molecule has 0 spiro atoms. The van der Waals surface area contributed by atoms with Crippen LogP contribution < -0.4 is 29.4 Å². The van der Waals surface area contributed by atoms with Crippen molar-refractivity contribution in [1.29, 1.82) is 0 Å². The quantitative estimate of drug-likeness (QED) is 0.0310. The summed E-state index contributed by atoms with van der Waals surface area (Å²) in [5.74, 6) is 1.53. The Balaban J connectivity index is -0.000000257. The summed E-state index contributed by atoms with van der Waals surface area (Å²) in [7, 11) is -22.0. The van der Waals surface area contributed by atoms with Gasteiger partial charge in [0, 0.05) is 37.0 Å². The second-order valence-electron chi connectivity index (χ2n) is 35.9. The molecule has 0 rings (SSSR count). The Morgan fingerprint density at radius 2 is 0.281 bits per heavy atom. The van der Waals surface area contributed by atoms with Gasteiger partial charge in [-0.25, -0.2) is 0 Å². The summed E-state index contributed by atoms with van der Waals surface area (Å²) in [4.78, 5) is 72.4. The van der Waals surface area contributed by atoms with E-state index in [0.717, 1.165) is 231 Å².